The molecule has 0 saturated heterocycles. The van der Waals surface area contributed by atoms with Crippen molar-refractivity contribution < 1.29 is 13.3 Å². The molecule has 2 rings (SSSR count). The molecule has 8 heteroatoms. The molecule has 1 aliphatic carbocycles. The molecule has 0 atom stereocenters. The van der Waals surface area contributed by atoms with E-state index in [-0.39, 0.29) is 16.6 Å². The number of benzene rings is 1. The van der Waals surface area contributed by atoms with Crippen LogP contribution in [0.15, 0.2) is 23.1 Å². The molecule has 0 radical (unpaired) electrons. The Kier molecular flexibility index (Phi) is 4.48. The molecular weight excluding hydrogens is 294 g/mol. The maximum atomic E-state index is 12.4. The average molecular weight is 313 g/mol. The van der Waals surface area contributed by atoms with Gasteiger partial charge in [0.15, 0.2) is 0 Å². The Morgan fingerprint density at radius 3 is 2.43 bits per heavy atom. The monoisotopic (exact) mass is 313 g/mol. The van der Waals surface area contributed by atoms with E-state index in [1.54, 1.807) is 13.8 Å². The van der Waals surface area contributed by atoms with Gasteiger partial charge in [0.25, 0.3) is 5.69 Å². The van der Waals surface area contributed by atoms with E-state index in [0.29, 0.717) is 18.8 Å². The van der Waals surface area contributed by atoms with Gasteiger partial charge in [0.1, 0.15) is 5.69 Å². The average Bonchev–Trinajstić information content (AvgIpc) is 3.23. The van der Waals surface area contributed by atoms with Gasteiger partial charge in [0.05, 0.1) is 9.82 Å². The Morgan fingerprint density at radius 1 is 1.33 bits per heavy atom. The molecule has 1 aromatic rings. The van der Waals surface area contributed by atoms with Crippen LogP contribution in [0.2, 0.25) is 0 Å². The highest BCUT2D eigenvalue weighted by atomic mass is 32.2. The van der Waals surface area contributed by atoms with Crippen LogP contribution in [0.4, 0.5) is 11.4 Å². The summed E-state index contributed by atoms with van der Waals surface area (Å²) in [6.45, 7) is 4.13. The molecule has 0 unspecified atom stereocenters. The summed E-state index contributed by atoms with van der Waals surface area (Å²) in [5, 5.41) is 14.2. The van der Waals surface area contributed by atoms with Crippen molar-refractivity contribution in [2.45, 2.75) is 37.6 Å². The molecule has 1 N–H and O–H groups in total. The first-order valence-corrected chi connectivity index (χ1v) is 8.39. The van der Waals surface area contributed by atoms with E-state index >= 15 is 0 Å². The lowest BCUT2D eigenvalue weighted by atomic mass is 10.2. The van der Waals surface area contributed by atoms with Crippen LogP contribution in [0.1, 0.15) is 26.7 Å². The van der Waals surface area contributed by atoms with Crippen molar-refractivity contribution in [3.63, 3.8) is 0 Å². The Labute approximate surface area is 124 Å². The summed E-state index contributed by atoms with van der Waals surface area (Å²) in [6.07, 6.45) is 1.97. The van der Waals surface area contributed by atoms with E-state index in [1.807, 2.05) is 0 Å². The quantitative estimate of drug-likeness (QED) is 0.615. The molecule has 0 heterocycles. The first-order valence-electron chi connectivity index (χ1n) is 6.95. The molecular formula is C13H19N3O4S. The van der Waals surface area contributed by atoms with Crippen molar-refractivity contribution in [3.8, 4) is 0 Å². The third-order valence-electron chi connectivity index (χ3n) is 3.45. The first-order chi connectivity index (χ1) is 9.90. The van der Waals surface area contributed by atoms with Gasteiger partial charge in [-0.1, -0.05) is 13.8 Å². The fourth-order valence-electron chi connectivity index (χ4n) is 2.11. The molecule has 1 fully saturated rings. The molecule has 116 valence electrons. The predicted molar refractivity (Wildman–Crippen MR) is 79.8 cm³/mol. The SMILES string of the molecule is CCN(CC)S(=O)(=O)c1ccc(NC2CC2)c([N+](=O)[O-])c1. The largest absolute Gasteiger partial charge is 0.377 e. The lowest BCUT2D eigenvalue weighted by Crippen LogP contribution is -2.30. The van der Waals surface area contributed by atoms with Gasteiger partial charge < -0.3 is 5.32 Å². The number of nitro benzene ring substituents is 1. The number of rotatable bonds is 7. The number of nitro groups is 1. The molecule has 21 heavy (non-hydrogen) atoms. The minimum Gasteiger partial charge on any atom is -0.377 e. The number of nitrogens with one attached hydrogen (secondary N) is 1. The molecule has 0 spiro atoms. The highest BCUT2D eigenvalue weighted by Crippen LogP contribution is 2.33. The van der Waals surface area contributed by atoms with Crippen molar-refractivity contribution in [2.75, 3.05) is 18.4 Å². The second-order valence-corrected chi connectivity index (χ2v) is 6.88. The summed E-state index contributed by atoms with van der Waals surface area (Å²) >= 11 is 0. The van der Waals surface area contributed by atoms with Crippen molar-refractivity contribution in [1.29, 1.82) is 0 Å². The standard InChI is InChI=1S/C13H19N3O4S/c1-3-15(4-2)21(19,20)11-7-8-12(14-10-5-6-10)13(9-11)16(17)18/h7-10,14H,3-6H2,1-2H3. The fraction of sp³-hybridized carbons (Fsp3) is 0.538. The van der Waals surface area contributed by atoms with E-state index in [9.17, 15) is 18.5 Å². The summed E-state index contributed by atoms with van der Waals surface area (Å²) in [5.74, 6) is 0. The van der Waals surface area contributed by atoms with Crippen molar-refractivity contribution in [3.05, 3.63) is 28.3 Å². The van der Waals surface area contributed by atoms with Gasteiger partial charge in [0, 0.05) is 25.2 Å². The summed E-state index contributed by atoms with van der Waals surface area (Å²) in [7, 11) is -3.69. The third kappa shape index (κ3) is 3.33. The second kappa shape index (κ2) is 5.98. The lowest BCUT2D eigenvalue weighted by molar-refractivity contribution is -0.384. The Bertz CT molecular complexity index is 637. The molecule has 0 aromatic heterocycles. The van der Waals surface area contributed by atoms with Crippen LogP contribution in [0.5, 0.6) is 0 Å². The molecule has 0 aliphatic heterocycles. The minimum absolute atomic E-state index is 0.0424. The van der Waals surface area contributed by atoms with Gasteiger partial charge in [-0.25, -0.2) is 8.42 Å². The zero-order valence-corrected chi connectivity index (χ0v) is 12.9. The van der Waals surface area contributed by atoms with E-state index in [1.165, 1.54) is 16.4 Å². The first kappa shape index (κ1) is 15.7. The molecule has 0 bridgehead atoms. The number of nitrogens with zero attached hydrogens (tertiary/aromatic N) is 2. The van der Waals surface area contributed by atoms with E-state index in [0.717, 1.165) is 18.9 Å². The van der Waals surface area contributed by atoms with Gasteiger partial charge in [-0.15, -0.1) is 0 Å². The summed E-state index contributed by atoms with van der Waals surface area (Å²) in [4.78, 5) is 10.6. The highest BCUT2D eigenvalue weighted by molar-refractivity contribution is 7.89. The maximum absolute atomic E-state index is 12.4. The number of hydrogen-bond donors (Lipinski definition) is 1. The van der Waals surface area contributed by atoms with Gasteiger partial charge in [-0.05, 0) is 25.0 Å². The third-order valence-corrected chi connectivity index (χ3v) is 5.49. The Morgan fingerprint density at radius 2 is 1.95 bits per heavy atom. The minimum atomic E-state index is -3.69. The predicted octanol–water partition coefficient (Wildman–Crippen LogP) is 2.20. The highest BCUT2D eigenvalue weighted by Gasteiger charge is 2.28. The van der Waals surface area contributed by atoms with Gasteiger partial charge >= 0.3 is 0 Å². The van der Waals surface area contributed by atoms with Crippen LogP contribution in [-0.4, -0.2) is 36.8 Å². The van der Waals surface area contributed by atoms with E-state index < -0.39 is 14.9 Å². The molecule has 1 aromatic carbocycles. The topological polar surface area (TPSA) is 92.6 Å². The van der Waals surface area contributed by atoms with Crippen LogP contribution in [0, 0.1) is 10.1 Å². The zero-order valence-electron chi connectivity index (χ0n) is 12.1. The van der Waals surface area contributed by atoms with Crippen LogP contribution >= 0.6 is 0 Å². The van der Waals surface area contributed by atoms with Crippen LogP contribution in [-0.2, 0) is 10.0 Å². The molecule has 1 saturated carbocycles. The Balaban J connectivity index is 2.41. The molecule has 0 amide bonds. The second-order valence-electron chi connectivity index (χ2n) is 4.94. The number of sulfonamides is 1. The Hall–Kier alpha value is -1.67. The van der Waals surface area contributed by atoms with Crippen molar-refractivity contribution in [2.24, 2.45) is 0 Å². The molecule has 1 aliphatic rings. The van der Waals surface area contributed by atoms with Crippen LogP contribution < -0.4 is 5.32 Å². The maximum Gasteiger partial charge on any atom is 0.293 e. The summed E-state index contributed by atoms with van der Waals surface area (Å²) in [5.41, 5.74) is 0.177. The normalized spacial score (nSPS) is 15.2. The van der Waals surface area contributed by atoms with Crippen LogP contribution in [0.3, 0.4) is 0 Å². The lowest BCUT2D eigenvalue weighted by Gasteiger charge is -2.18. The van der Waals surface area contributed by atoms with Gasteiger partial charge in [-0.3, -0.25) is 10.1 Å². The smallest absolute Gasteiger partial charge is 0.293 e. The van der Waals surface area contributed by atoms with Crippen molar-refractivity contribution >= 4 is 21.4 Å². The molecule has 7 nitrogen and oxygen atoms in total. The van der Waals surface area contributed by atoms with Crippen molar-refractivity contribution in [1.82, 2.24) is 4.31 Å². The fourth-order valence-corrected chi connectivity index (χ4v) is 3.58. The summed E-state index contributed by atoms with van der Waals surface area (Å²) in [6, 6.07) is 4.30. The van der Waals surface area contributed by atoms with Gasteiger partial charge in [-0.2, -0.15) is 4.31 Å². The summed E-state index contributed by atoms with van der Waals surface area (Å²) < 4.78 is 26.1. The van der Waals surface area contributed by atoms with Gasteiger partial charge in [0.2, 0.25) is 10.0 Å². The number of anilines is 1. The van der Waals surface area contributed by atoms with E-state index in [4.69, 9.17) is 0 Å². The number of hydrogen-bond acceptors (Lipinski definition) is 5. The zero-order chi connectivity index (χ0) is 15.6. The van der Waals surface area contributed by atoms with Crippen LogP contribution in [0.25, 0.3) is 0 Å². The van der Waals surface area contributed by atoms with E-state index in [2.05, 4.69) is 5.32 Å².